The summed E-state index contributed by atoms with van der Waals surface area (Å²) in [5.41, 5.74) is 6.38. The van der Waals surface area contributed by atoms with Gasteiger partial charge in [0, 0.05) is 18.3 Å². The number of hydrogen-bond donors (Lipinski definition) is 3. The van der Waals surface area contributed by atoms with Gasteiger partial charge in [0.2, 0.25) is 10.0 Å². The number of anilines is 1. The van der Waals surface area contributed by atoms with Crippen molar-refractivity contribution in [1.82, 2.24) is 4.72 Å². The Morgan fingerprint density at radius 1 is 1.26 bits per heavy atom. The monoisotopic (exact) mass is 285 g/mol. The highest BCUT2D eigenvalue weighted by atomic mass is 32.2. The molecule has 0 saturated heterocycles. The molecule has 19 heavy (non-hydrogen) atoms. The van der Waals surface area contributed by atoms with E-state index < -0.39 is 10.0 Å². The fourth-order valence-corrected chi connectivity index (χ4v) is 2.83. The molecule has 0 radical (unpaired) electrons. The molecule has 0 heterocycles. The topological polar surface area (TPSA) is 84.2 Å². The van der Waals surface area contributed by atoms with Gasteiger partial charge in [0.15, 0.2) is 0 Å². The summed E-state index contributed by atoms with van der Waals surface area (Å²) in [5.74, 6) is 0. The van der Waals surface area contributed by atoms with Crippen LogP contribution < -0.4 is 15.8 Å². The van der Waals surface area contributed by atoms with Crippen molar-refractivity contribution in [2.24, 2.45) is 5.73 Å². The maximum atomic E-state index is 11.8. The fourth-order valence-electron chi connectivity index (χ4n) is 1.78. The lowest BCUT2D eigenvalue weighted by Crippen LogP contribution is -2.23. The Morgan fingerprint density at radius 2 is 1.89 bits per heavy atom. The second-order valence-corrected chi connectivity index (χ2v) is 6.27. The van der Waals surface area contributed by atoms with Crippen molar-refractivity contribution in [3.63, 3.8) is 0 Å². The number of benzene rings is 1. The smallest absolute Gasteiger partial charge is 0.240 e. The van der Waals surface area contributed by atoms with E-state index in [1.54, 1.807) is 31.2 Å². The van der Waals surface area contributed by atoms with Gasteiger partial charge in [-0.05, 0) is 50.6 Å². The summed E-state index contributed by atoms with van der Waals surface area (Å²) in [5, 5.41) is 3.32. The second-order valence-electron chi connectivity index (χ2n) is 4.50. The molecule has 0 amide bonds. The lowest BCUT2D eigenvalue weighted by atomic mass is 10.1. The molecule has 0 aliphatic heterocycles. The zero-order chi connectivity index (χ0) is 14.3. The zero-order valence-electron chi connectivity index (χ0n) is 11.5. The van der Waals surface area contributed by atoms with Crippen LogP contribution in [0.25, 0.3) is 0 Å². The number of sulfonamides is 1. The Labute approximate surface area is 115 Å². The van der Waals surface area contributed by atoms with Gasteiger partial charge in [0.05, 0.1) is 4.90 Å². The van der Waals surface area contributed by atoms with Crippen LogP contribution in [0.15, 0.2) is 29.2 Å². The SMILES string of the molecule is CCNS(=O)(=O)c1ccc(NC(C)CCCN)cc1. The van der Waals surface area contributed by atoms with Gasteiger partial charge in [0.1, 0.15) is 0 Å². The predicted octanol–water partition coefficient (Wildman–Crippen LogP) is 1.52. The van der Waals surface area contributed by atoms with Crippen molar-refractivity contribution in [3.05, 3.63) is 24.3 Å². The maximum absolute atomic E-state index is 11.8. The largest absolute Gasteiger partial charge is 0.383 e. The van der Waals surface area contributed by atoms with Crippen LogP contribution in [-0.2, 0) is 10.0 Å². The highest BCUT2D eigenvalue weighted by Gasteiger charge is 2.12. The van der Waals surface area contributed by atoms with E-state index in [2.05, 4.69) is 17.0 Å². The summed E-state index contributed by atoms with van der Waals surface area (Å²) in [6.07, 6.45) is 1.97. The molecule has 0 fully saturated rings. The third-order valence-corrected chi connectivity index (χ3v) is 4.31. The standard InChI is InChI=1S/C13H23N3O2S/c1-3-15-19(17,18)13-8-6-12(7-9-13)16-11(2)5-4-10-14/h6-9,11,15-16H,3-5,10,14H2,1-2H3. The van der Waals surface area contributed by atoms with Gasteiger partial charge >= 0.3 is 0 Å². The molecule has 1 aromatic rings. The van der Waals surface area contributed by atoms with Crippen LogP contribution in [0.1, 0.15) is 26.7 Å². The van der Waals surface area contributed by atoms with Gasteiger partial charge in [-0.1, -0.05) is 6.92 Å². The lowest BCUT2D eigenvalue weighted by molar-refractivity contribution is 0.584. The zero-order valence-corrected chi connectivity index (χ0v) is 12.3. The van der Waals surface area contributed by atoms with Crippen molar-refractivity contribution in [2.75, 3.05) is 18.4 Å². The minimum absolute atomic E-state index is 0.287. The molecule has 6 heteroatoms. The van der Waals surface area contributed by atoms with Crippen LogP contribution in [-0.4, -0.2) is 27.5 Å². The molecule has 0 spiro atoms. The summed E-state index contributed by atoms with van der Waals surface area (Å²) >= 11 is 0. The van der Waals surface area contributed by atoms with Crippen molar-refractivity contribution in [2.45, 2.75) is 37.6 Å². The van der Waals surface area contributed by atoms with Crippen LogP contribution >= 0.6 is 0 Å². The number of hydrogen-bond acceptors (Lipinski definition) is 4. The van der Waals surface area contributed by atoms with Gasteiger partial charge in [-0.2, -0.15) is 0 Å². The fraction of sp³-hybridized carbons (Fsp3) is 0.538. The normalized spacial score (nSPS) is 13.2. The molecule has 0 aliphatic rings. The molecular formula is C13H23N3O2S. The molecule has 0 aliphatic carbocycles. The van der Waals surface area contributed by atoms with E-state index >= 15 is 0 Å². The van der Waals surface area contributed by atoms with E-state index in [9.17, 15) is 8.42 Å². The first-order valence-corrected chi connectivity index (χ1v) is 8.04. The van der Waals surface area contributed by atoms with E-state index in [-0.39, 0.29) is 4.90 Å². The Morgan fingerprint density at radius 3 is 2.42 bits per heavy atom. The minimum atomic E-state index is -3.36. The average Bonchev–Trinajstić information content (AvgIpc) is 2.37. The quantitative estimate of drug-likeness (QED) is 0.676. The number of rotatable bonds is 8. The van der Waals surface area contributed by atoms with Gasteiger partial charge in [-0.3, -0.25) is 0 Å². The van der Waals surface area contributed by atoms with E-state index in [4.69, 9.17) is 5.73 Å². The molecule has 108 valence electrons. The molecule has 0 saturated carbocycles. The van der Waals surface area contributed by atoms with Gasteiger partial charge in [-0.25, -0.2) is 13.1 Å². The van der Waals surface area contributed by atoms with E-state index in [0.29, 0.717) is 19.1 Å². The first-order valence-electron chi connectivity index (χ1n) is 6.56. The van der Waals surface area contributed by atoms with E-state index in [1.807, 2.05) is 0 Å². The highest BCUT2D eigenvalue weighted by molar-refractivity contribution is 7.89. The van der Waals surface area contributed by atoms with Crippen LogP contribution in [0.5, 0.6) is 0 Å². The van der Waals surface area contributed by atoms with E-state index in [1.165, 1.54) is 0 Å². The van der Waals surface area contributed by atoms with Crippen LogP contribution in [0.4, 0.5) is 5.69 Å². The summed E-state index contributed by atoms with van der Waals surface area (Å²) in [6.45, 7) is 4.91. The third kappa shape index (κ3) is 5.18. The average molecular weight is 285 g/mol. The molecule has 1 unspecified atom stereocenters. The van der Waals surface area contributed by atoms with Crippen molar-refractivity contribution in [3.8, 4) is 0 Å². The van der Waals surface area contributed by atoms with Gasteiger partial charge < -0.3 is 11.1 Å². The Balaban J connectivity index is 2.66. The summed E-state index contributed by atoms with van der Waals surface area (Å²) < 4.78 is 26.0. The third-order valence-electron chi connectivity index (χ3n) is 2.75. The second kappa shape index (κ2) is 7.47. The Kier molecular flexibility index (Phi) is 6.27. The minimum Gasteiger partial charge on any atom is -0.383 e. The van der Waals surface area contributed by atoms with Gasteiger partial charge in [0.25, 0.3) is 0 Å². The molecule has 1 atom stereocenters. The molecule has 0 bridgehead atoms. The van der Waals surface area contributed by atoms with Crippen molar-refractivity contribution >= 4 is 15.7 Å². The highest BCUT2D eigenvalue weighted by Crippen LogP contribution is 2.15. The number of nitrogens with two attached hydrogens (primary N) is 1. The molecule has 0 aromatic heterocycles. The molecule has 4 N–H and O–H groups in total. The summed E-state index contributed by atoms with van der Waals surface area (Å²) in [6, 6.07) is 7.10. The maximum Gasteiger partial charge on any atom is 0.240 e. The Bertz CT molecular complexity index is 471. The Hall–Kier alpha value is -1.11. The van der Waals surface area contributed by atoms with Gasteiger partial charge in [-0.15, -0.1) is 0 Å². The summed E-state index contributed by atoms with van der Waals surface area (Å²) in [7, 11) is -3.36. The number of nitrogens with one attached hydrogen (secondary N) is 2. The predicted molar refractivity (Wildman–Crippen MR) is 78.7 cm³/mol. The first kappa shape index (κ1) is 15.9. The summed E-state index contributed by atoms with van der Waals surface area (Å²) in [4.78, 5) is 0.287. The van der Waals surface area contributed by atoms with Crippen LogP contribution in [0.3, 0.4) is 0 Å². The molecule has 1 rings (SSSR count). The molecular weight excluding hydrogens is 262 g/mol. The van der Waals surface area contributed by atoms with Crippen LogP contribution in [0, 0.1) is 0 Å². The van der Waals surface area contributed by atoms with Crippen molar-refractivity contribution < 1.29 is 8.42 Å². The van der Waals surface area contributed by atoms with Crippen LogP contribution in [0.2, 0.25) is 0 Å². The molecule has 5 nitrogen and oxygen atoms in total. The van der Waals surface area contributed by atoms with E-state index in [0.717, 1.165) is 18.5 Å². The molecule has 1 aromatic carbocycles. The lowest BCUT2D eigenvalue weighted by Gasteiger charge is -2.15. The van der Waals surface area contributed by atoms with Crippen molar-refractivity contribution in [1.29, 1.82) is 0 Å². The first-order chi connectivity index (χ1) is 8.99.